The van der Waals surface area contributed by atoms with Crippen LogP contribution in [-0.4, -0.2) is 18.7 Å². The Labute approximate surface area is 116 Å². The van der Waals surface area contributed by atoms with E-state index in [1.807, 2.05) is 0 Å². The molecule has 0 aromatic heterocycles. The first-order valence-electron chi connectivity index (χ1n) is 7.78. The van der Waals surface area contributed by atoms with E-state index < -0.39 is 0 Å². The van der Waals surface area contributed by atoms with Crippen LogP contribution in [-0.2, 0) is 0 Å². The largest absolute Gasteiger partial charge is 0.490 e. The first-order chi connectivity index (χ1) is 9.28. The lowest BCUT2D eigenvalue weighted by molar-refractivity contribution is 0.302. The van der Waals surface area contributed by atoms with Crippen LogP contribution >= 0.6 is 0 Å². The van der Waals surface area contributed by atoms with Crippen molar-refractivity contribution in [3.63, 3.8) is 0 Å². The van der Waals surface area contributed by atoms with Gasteiger partial charge in [-0.1, -0.05) is 26.0 Å². The van der Waals surface area contributed by atoms with E-state index in [2.05, 4.69) is 43.4 Å². The molecule has 0 heterocycles. The van der Waals surface area contributed by atoms with Crippen LogP contribution in [0.1, 0.15) is 51.0 Å². The van der Waals surface area contributed by atoms with Crippen molar-refractivity contribution in [3.05, 3.63) is 29.8 Å². The minimum atomic E-state index is 0.491. The average molecular weight is 259 g/mol. The molecule has 3 unspecified atom stereocenters. The molecule has 0 aliphatic heterocycles. The number of nitrogens with one attached hydrogen (secondary N) is 1. The van der Waals surface area contributed by atoms with Crippen molar-refractivity contribution in [3.8, 4) is 5.75 Å². The number of benzene rings is 1. The van der Waals surface area contributed by atoms with E-state index in [0.717, 1.165) is 18.2 Å². The van der Waals surface area contributed by atoms with Crippen molar-refractivity contribution < 1.29 is 4.74 Å². The molecular weight excluding hydrogens is 234 g/mol. The molecule has 0 saturated heterocycles. The number of hydrogen-bond donors (Lipinski definition) is 1. The first kappa shape index (κ1) is 13.0. The second-order valence-electron chi connectivity index (χ2n) is 6.10. The Morgan fingerprint density at radius 3 is 2.79 bits per heavy atom. The molecule has 3 atom stereocenters. The lowest BCUT2D eigenvalue weighted by Gasteiger charge is -2.22. The van der Waals surface area contributed by atoms with E-state index in [9.17, 15) is 0 Å². The predicted molar refractivity (Wildman–Crippen MR) is 78.7 cm³/mol. The fourth-order valence-corrected chi connectivity index (χ4v) is 3.38. The van der Waals surface area contributed by atoms with Gasteiger partial charge in [-0.3, -0.25) is 0 Å². The van der Waals surface area contributed by atoms with Crippen molar-refractivity contribution >= 4 is 0 Å². The molecule has 2 nitrogen and oxygen atoms in total. The highest BCUT2D eigenvalue weighted by Gasteiger charge is 2.33. The summed E-state index contributed by atoms with van der Waals surface area (Å²) in [6.45, 7) is 5.66. The molecule has 2 fully saturated rings. The Bertz CT molecular complexity index is 427. The van der Waals surface area contributed by atoms with Crippen molar-refractivity contribution in [2.75, 3.05) is 6.54 Å². The van der Waals surface area contributed by atoms with Gasteiger partial charge in [-0.25, -0.2) is 0 Å². The van der Waals surface area contributed by atoms with E-state index >= 15 is 0 Å². The van der Waals surface area contributed by atoms with Crippen LogP contribution in [0, 0.1) is 5.92 Å². The molecule has 0 radical (unpaired) electrons. The van der Waals surface area contributed by atoms with E-state index in [-0.39, 0.29) is 0 Å². The van der Waals surface area contributed by atoms with Gasteiger partial charge in [0.25, 0.3) is 0 Å². The van der Waals surface area contributed by atoms with Crippen molar-refractivity contribution in [1.82, 2.24) is 5.32 Å². The van der Waals surface area contributed by atoms with Crippen LogP contribution in [0.25, 0.3) is 0 Å². The highest BCUT2D eigenvalue weighted by Crippen LogP contribution is 2.40. The van der Waals surface area contributed by atoms with Gasteiger partial charge in [-0.2, -0.15) is 0 Å². The molecule has 0 spiro atoms. The lowest BCUT2D eigenvalue weighted by atomic mass is 9.89. The molecule has 2 aliphatic carbocycles. The summed E-state index contributed by atoms with van der Waals surface area (Å²) in [5.41, 5.74) is 1.46. The maximum absolute atomic E-state index is 5.92. The standard InChI is InChI=1S/C17H25NO/c1-3-18-17-10-9-16(12(17)2)13-5-4-6-15(11-13)19-14-7-8-14/h4-6,11-12,14,16-18H,3,7-10H2,1-2H3. The molecule has 2 saturated carbocycles. The second-order valence-corrected chi connectivity index (χ2v) is 6.10. The van der Waals surface area contributed by atoms with Crippen LogP contribution < -0.4 is 10.1 Å². The summed E-state index contributed by atoms with van der Waals surface area (Å²) in [6, 6.07) is 9.48. The maximum atomic E-state index is 5.92. The van der Waals surface area contributed by atoms with E-state index in [1.165, 1.54) is 31.2 Å². The van der Waals surface area contributed by atoms with Crippen LogP contribution in [0.4, 0.5) is 0 Å². The summed E-state index contributed by atoms with van der Waals surface area (Å²) in [6.07, 6.45) is 5.55. The third-order valence-corrected chi connectivity index (χ3v) is 4.64. The van der Waals surface area contributed by atoms with Crippen molar-refractivity contribution in [2.24, 2.45) is 5.92 Å². The second kappa shape index (κ2) is 5.54. The molecule has 104 valence electrons. The summed E-state index contributed by atoms with van der Waals surface area (Å²) < 4.78 is 5.92. The van der Waals surface area contributed by atoms with E-state index in [4.69, 9.17) is 4.74 Å². The summed E-state index contributed by atoms with van der Waals surface area (Å²) in [5, 5.41) is 3.62. The number of ether oxygens (including phenoxy) is 1. The topological polar surface area (TPSA) is 21.3 Å². The Hall–Kier alpha value is -1.02. The molecule has 1 aromatic carbocycles. The van der Waals surface area contributed by atoms with E-state index in [0.29, 0.717) is 18.1 Å². The summed E-state index contributed by atoms with van der Waals surface area (Å²) in [7, 11) is 0. The zero-order chi connectivity index (χ0) is 13.2. The van der Waals surface area contributed by atoms with Crippen molar-refractivity contribution in [2.45, 2.75) is 57.6 Å². The van der Waals surface area contributed by atoms with Crippen LogP contribution in [0.5, 0.6) is 5.75 Å². The molecular formula is C17H25NO. The molecule has 0 amide bonds. The molecule has 1 N–H and O–H groups in total. The molecule has 1 aromatic rings. The number of rotatable bonds is 5. The molecule has 3 rings (SSSR count). The third kappa shape index (κ3) is 2.94. The Morgan fingerprint density at radius 1 is 1.21 bits per heavy atom. The molecule has 2 aliphatic rings. The highest BCUT2D eigenvalue weighted by atomic mass is 16.5. The monoisotopic (exact) mass is 259 g/mol. The first-order valence-corrected chi connectivity index (χ1v) is 7.78. The van der Waals surface area contributed by atoms with E-state index in [1.54, 1.807) is 0 Å². The van der Waals surface area contributed by atoms with Gasteiger partial charge >= 0.3 is 0 Å². The van der Waals surface area contributed by atoms with Gasteiger partial charge < -0.3 is 10.1 Å². The number of hydrogen-bond acceptors (Lipinski definition) is 2. The van der Waals surface area contributed by atoms with Crippen LogP contribution in [0.15, 0.2) is 24.3 Å². The fraction of sp³-hybridized carbons (Fsp3) is 0.647. The summed E-state index contributed by atoms with van der Waals surface area (Å²) >= 11 is 0. The highest BCUT2D eigenvalue weighted by molar-refractivity contribution is 5.32. The third-order valence-electron chi connectivity index (χ3n) is 4.64. The SMILES string of the molecule is CCNC1CCC(c2cccc(OC3CC3)c2)C1C. The van der Waals surface area contributed by atoms with Gasteiger partial charge in [0, 0.05) is 6.04 Å². The smallest absolute Gasteiger partial charge is 0.120 e. The summed E-state index contributed by atoms with van der Waals surface area (Å²) in [5.74, 6) is 2.47. The predicted octanol–water partition coefficient (Wildman–Crippen LogP) is 3.72. The Kier molecular flexibility index (Phi) is 3.79. The summed E-state index contributed by atoms with van der Waals surface area (Å²) in [4.78, 5) is 0. The van der Waals surface area contributed by atoms with Gasteiger partial charge in [0.05, 0.1) is 6.10 Å². The normalized spacial score (nSPS) is 30.5. The fourth-order valence-electron chi connectivity index (χ4n) is 3.38. The molecule has 2 heteroatoms. The van der Waals surface area contributed by atoms with Crippen LogP contribution in [0.2, 0.25) is 0 Å². The maximum Gasteiger partial charge on any atom is 0.120 e. The Morgan fingerprint density at radius 2 is 2.05 bits per heavy atom. The van der Waals surface area contributed by atoms with Gasteiger partial charge in [0.2, 0.25) is 0 Å². The zero-order valence-electron chi connectivity index (χ0n) is 12.1. The molecule has 19 heavy (non-hydrogen) atoms. The zero-order valence-corrected chi connectivity index (χ0v) is 12.1. The van der Waals surface area contributed by atoms with Crippen LogP contribution in [0.3, 0.4) is 0 Å². The minimum Gasteiger partial charge on any atom is -0.490 e. The van der Waals surface area contributed by atoms with Gasteiger partial charge in [0.15, 0.2) is 0 Å². The van der Waals surface area contributed by atoms with Crippen molar-refractivity contribution in [1.29, 1.82) is 0 Å². The minimum absolute atomic E-state index is 0.491. The van der Waals surface area contributed by atoms with Gasteiger partial charge in [-0.15, -0.1) is 0 Å². The Balaban J connectivity index is 1.70. The lowest BCUT2D eigenvalue weighted by Crippen LogP contribution is -2.32. The van der Waals surface area contributed by atoms with Gasteiger partial charge in [-0.05, 0) is 61.8 Å². The average Bonchev–Trinajstić information content (AvgIpc) is 3.15. The molecule has 0 bridgehead atoms. The van der Waals surface area contributed by atoms with Gasteiger partial charge in [0.1, 0.15) is 5.75 Å². The quantitative estimate of drug-likeness (QED) is 0.870.